The first kappa shape index (κ1) is 12.7. The van der Waals surface area contributed by atoms with Gasteiger partial charge in [0.2, 0.25) is 0 Å². The smallest absolute Gasteiger partial charge is 0.166 e. The van der Waals surface area contributed by atoms with Gasteiger partial charge in [0.05, 0.1) is 11.2 Å². The topological polar surface area (TPSA) is 37.0 Å². The van der Waals surface area contributed by atoms with E-state index in [0.717, 1.165) is 29.6 Å². The Morgan fingerprint density at radius 3 is 3.13 bits per heavy atom. The summed E-state index contributed by atoms with van der Waals surface area (Å²) >= 11 is 8.53. The minimum Gasteiger partial charge on any atom is -0.366 e. The lowest BCUT2D eigenvalue weighted by molar-refractivity contribution is 0.941. The van der Waals surface area contributed by atoms with Gasteiger partial charge in [-0.05, 0) is 24.4 Å². The van der Waals surface area contributed by atoms with E-state index in [0.29, 0.717) is 0 Å². The first-order chi connectivity index (χ1) is 7.33. The zero-order valence-corrected chi connectivity index (χ0v) is 11.1. The molecule has 0 radical (unpaired) electrons. The number of thioether (sulfide) groups is 1. The summed E-state index contributed by atoms with van der Waals surface area (Å²) in [7, 11) is 1.82. The Bertz CT molecular complexity index is 274. The van der Waals surface area contributed by atoms with Crippen LogP contribution in [0.4, 0.5) is 0 Å². The number of aromatic nitrogens is 1. The second-order valence-corrected chi connectivity index (χ2v) is 5.20. The quantitative estimate of drug-likeness (QED) is 0.600. The summed E-state index contributed by atoms with van der Waals surface area (Å²) in [5.74, 6) is 2.20. The van der Waals surface area contributed by atoms with Gasteiger partial charge in [-0.3, -0.25) is 0 Å². The van der Waals surface area contributed by atoms with Gasteiger partial charge in [-0.2, -0.15) is 11.8 Å². The predicted molar refractivity (Wildman–Crippen MR) is 72.8 cm³/mol. The molecule has 0 unspecified atom stereocenters. The largest absolute Gasteiger partial charge is 0.366 e. The molecule has 2 N–H and O–H groups in total. The Kier molecular flexibility index (Phi) is 6.71. The fraction of sp³-hybridized carbons (Fsp3) is 0.556. The number of nitrogens with zero attached hydrogens (tertiary/aromatic N) is 1. The van der Waals surface area contributed by atoms with Crippen LogP contribution < -0.4 is 10.6 Å². The van der Waals surface area contributed by atoms with Crippen LogP contribution in [0.3, 0.4) is 0 Å². The van der Waals surface area contributed by atoms with E-state index in [1.807, 2.05) is 24.3 Å². The minimum atomic E-state index is 0.718. The summed E-state index contributed by atoms with van der Waals surface area (Å²) in [5, 5.41) is 8.82. The molecule has 1 aromatic heterocycles. The zero-order chi connectivity index (χ0) is 10.9. The second kappa shape index (κ2) is 7.90. The van der Waals surface area contributed by atoms with Gasteiger partial charge in [0, 0.05) is 24.7 Å². The molecule has 0 aliphatic carbocycles. The van der Waals surface area contributed by atoms with Crippen molar-refractivity contribution in [3.63, 3.8) is 0 Å². The Hall–Kier alpha value is -0.330. The van der Waals surface area contributed by atoms with Crippen LogP contribution in [-0.2, 0) is 6.42 Å². The van der Waals surface area contributed by atoms with Crippen molar-refractivity contribution in [2.75, 3.05) is 25.1 Å². The van der Waals surface area contributed by atoms with E-state index in [9.17, 15) is 0 Å². The van der Waals surface area contributed by atoms with E-state index in [1.165, 1.54) is 5.69 Å². The van der Waals surface area contributed by atoms with Crippen molar-refractivity contribution in [1.29, 1.82) is 0 Å². The number of nitrogens with one attached hydrogen (secondary N) is 2. The van der Waals surface area contributed by atoms with Crippen LogP contribution in [0.15, 0.2) is 10.9 Å². The number of thiazole rings is 1. The van der Waals surface area contributed by atoms with E-state index in [-0.39, 0.29) is 0 Å². The number of hydrogen-bond acceptors (Lipinski definition) is 4. The third-order valence-corrected chi connectivity index (χ3v) is 3.71. The molecule has 0 saturated heterocycles. The Labute approximate surface area is 104 Å². The Morgan fingerprint density at radius 2 is 2.47 bits per heavy atom. The Morgan fingerprint density at radius 1 is 1.60 bits per heavy atom. The zero-order valence-electron chi connectivity index (χ0n) is 8.66. The normalized spacial score (nSPS) is 9.93. The fourth-order valence-electron chi connectivity index (χ4n) is 0.965. The molecule has 1 aromatic rings. The first-order valence-electron chi connectivity index (χ1n) is 4.73. The van der Waals surface area contributed by atoms with E-state index < -0.39 is 0 Å². The lowest BCUT2D eigenvalue weighted by Gasteiger charge is -2.05. The molecule has 0 aliphatic heterocycles. The molecule has 1 rings (SSSR count). The van der Waals surface area contributed by atoms with Crippen molar-refractivity contribution < 1.29 is 0 Å². The highest BCUT2D eigenvalue weighted by Crippen LogP contribution is 2.06. The van der Waals surface area contributed by atoms with Gasteiger partial charge in [-0.15, -0.1) is 11.3 Å². The summed E-state index contributed by atoms with van der Waals surface area (Å²) in [6, 6.07) is 0. The highest BCUT2D eigenvalue weighted by atomic mass is 32.2. The standard InChI is InChI=1S/C9H15N3S3/c1-10-9(13)11-3-5-14-4-2-8-6-15-7-12-8/h6-7H,2-5H2,1H3,(H2,10,11,13). The van der Waals surface area contributed by atoms with Crippen molar-refractivity contribution >= 4 is 40.4 Å². The second-order valence-electron chi connectivity index (χ2n) is 2.85. The first-order valence-corrected chi connectivity index (χ1v) is 7.24. The highest BCUT2D eigenvalue weighted by Gasteiger charge is 1.95. The van der Waals surface area contributed by atoms with E-state index >= 15 is 0 Å². The van der Waals surface area contributed by atoms with Gasteiger partial charge >= 0.3 is 0 Å². The number of thiocarbonyl (C=S) groups is 1. The molecule has 0 aromatic carbocycles. The lowest BCUT2D eigenvalue weighted by Crippen LogP contribution is -2.33. The van der Waals surface area contributed by atoms with Crippen molar-refractivity contribution in [2.24, 2.45) is 0 Å². The van der Waals surface area contributed by atoms with Crippen LogP contribution in [-0.4, -0.2) is 35.2 Å². The van der Waals surface area contributed by atoms with Gasteiger partial charge in [-0.25, -0.2) is 4.98 Å². The van der Waals surface area contributed by atoms with Crippen LogP contribution in [0.1, 0.15) is 5.69 Å². The SMILES string of the molecule is CNC(=S)NCCSCCc1cscn1. The monoisotopic (exact) mass is 261 g/mol. The molecule has 0 atom stereocenters. The van der Waals surface area contributed by atoms with E-state index in [1.54, 1.807) is 11.3 Å². The minimum absolute atomic E-state index is 0.718. The molecule has 84 valence electrons. The molecule has 0 aliphatic rings. The molecule has 0 amide bonds. The van der Waals surface area contributed by atoms with Gasteiger partial charge in [0.15, 0.2) is 5.11 Å². The maximum Gasteiger partial charge on any atom is 0.166 e. The number of hydrogen-bond donors (Lipinski definition) is 2. The average molecular weight is 261 g/mol. The highest BCUT2D eigenvalue weighted by molar-refractivity contribution is 7.99. The van der Waals surface area contributed by atoms with Crippen LogP contribution in [0, 0.1) is 0 Å². The molecule has 1 heterocycles. The number of aryl methyl sites for hydroxylation is 1. The molecular formula is C9H15N3S3. The van der Waals surface area contributed by atoms with Crippen LogP contribution in [0.2, 0.25) is 0 Å². The van der Waals surface area contributed by atoms with Crippen molar-refractivity contribution in [3.05, 3.63) is 16.6 Å². The summed E-state index contributed by atoms with van der Waals surface area (Å²) in [5.41, 5.74) is 3.08. The molecular weight excluding hydrogens is 246 g/mol. The van der Waals surface area contributed by atoms with Crippen LogP contribution >= 0.6 is 35.3 Å². The van der Waals surface area contributed by atoms with Crippen LogP contribution in [0.25, 0.3) is 0 Å². The molecule has 15 heavy (non-hydrogen) atoms. The average Bonchev–Trinajstić information content (AvgIpc) is 2.75. The van der Waals surface area contributed by atoms with Gasteiger partial charge < -0.3 is 10.6 Å². The third-order valence-electron chi connectivity index (χ3n) is 1.75. The molecule has 0 saturated carbocycles. The van der Waals surface area contributed by atoms with Gasteiger partial charge in [-0.1, -0.05) is 0 Å². The lowest BCUT2D eigenvalue weighted by atomic mass is 10.4. The van der Waals surface area contributed by atoms with Gasteiger partial charge in [0.25, 0.3) is 0 Å². The summed E-state index contributed by atoms with van der Waals surface area (Å²) in [4.78, 5) is 4.23. The van der Waals surface area contributed by atoms with E-state index in [4.69, 9.17) is 12.2 Å². The van der Waals surface area contributed by atoms with Gasteiger partial charge in [0.1, 0.15) is 0 Å². The van der Waals surface area contributed by atoms with Crippen molar-refractivity contribution in [1.82, 2.24) is 15.6 Å². The summed E-state index contributed by atoms with van der Waals surface area (Å²) in [6.45, 7) is 0.918. The number of rotatable bonds is 6. The molecule has 0 spiro atoms. The summed E-state index contributed by atoms with van der Waals surface area (Å²) in [6.07, 6.45) is 1.06. The van der Waals surface area contributed by atoms with Crippen LogP contribution in [0.5, 0.6) is 0 Å². The maximum atomic E-state index is 4.96. The summed E-state index contributed by atoms with van der Waals surface area (Å²) < 4.78 is 0. The van der Waals surface area contributed by atoms with E-state index in [2.05, 4.69) is 21.0 Å². The third kappa shape index (κ3) is 5.96. The van der Waals surface area contributed by atoms with Crippen molar-refractivity contribution in [2.45, 2.75) is 6.42 Å². The fourth-order valence-corrected chi connectivity index (χ4v) is 2.46. The molecule has 6 heteroatoms. The predicted octanol–water partition coefficient (Wildman–Crippen LogP) is 1.51. The Balaban J connectivity index is 1.91. The van der Waals surface area contributed by atoms with Crippen molar-refractivity contribution in [3.8, 4) is 0 Å². The molecule has 3 nitrogen and oxygen atoms in total. The molecule has 0 fully saturated rings. The molecule has 0 bridgehead atoms. The maximum absolute atomic E-state index is 4.96.